The van der Waals surface area contributed by atoms with Crippen LogP contribution in [0.3, 0.4) is 0 Å². The predicted octanol–water partition coefficient (Wildman–Crippen LogP) is 4.73. The summed E-state index contributed by atoms with van der Waals surface area (Å²) in [4.78, 5) is 11.9. The lowest BCUT2D eigenvalue weighted by molar-refractivity contribution is 0.102. The number of amides is 1. The van der Waals surface area contributed by atoms with Crippen LogP contribution in [0, 0.1) is 11.6 Å². The molecule has 2 aromatic rings. The fourth-order valence-electron chi connectivity index (χ4n) is 2.00. The molecule has 0 spiro atoms. The van der Waals surface area contributed by atoms with Crippen LogP contribution in [0.1, 0.15) is 42.1 Å². The lowest BCUT2D eigenvalue weighted by Crippen LogP contribution is -2.14. The third-order valence-corrected chi connectivity index (χ3v) is 3.53. The Morgan fingerprint density at radius 3 is 2.38 bits per heavy atom. The summed E-state index contributed by atoms with van der Waals surface area (Å²) in [6.07, 6.45) is 1.03. The summed E-state index contributed by atoms with van der Waals surface area (Å²) in [6, 6.07) is 10.3. The van der Waals surface area contributed by atoms with Crippen LogP contribution in [-0.2, 0) is 0 Å². The molecular formula is C17H17F2NO. The Hall–Kier alpha value is -2.23. The van der Waals surface area contributed by atoms with Gasteiger partial charge in [-0.3, -0.25) is 4.79 Å². The molecule has 2 rings (SSSR count). The highest BCUT2D eigenvalue weighted by Gasteiger charge is 2.12. The number of hydrogen-bond donors (Lipinski definition) is 1. The van der Waals surface area contributed by atoms with Gasteiger partial charge in [-0.1, -0.05) is 26.0 Å². The Balaban J connectivity index is 2.12. The molecule has 1 amide bonds. The van der Waals surface area contributed by atoms with Crippen LogP contribution in [0.2, 0.25) is 0 Å². The van der Waals surface area contributed by atoms with Crippen molar-refractivity contribution in [2.24, 2.45) is 0 Å². The molecule has 4 heteroatoms. The highest BCUT2D eigenvalue weighted by molar-refractivity contribution is 6.04. The van der Waals surface area contributed by atoms with Crippen LogP contribution < -0.4 is 5.32 Å². The Bertz CT molecular complexity index is 638. The van der Waals surface area contributed by atoms with Crippen molar-refractivity contribution in [2.75, 3.05) is 5.32 Å². The number of nitrogens with one attached hydrogen (secondary N) is 1. The smallest absolute Gasteiger partial charge is 0.258 e. The molecule has 2 aromatic carbocycles. The average molecular weight is 289 g/mol. The fourth-order valence-corrected chi connectivity index (χ4v) is 2.00. The van der Waals surface area contributed by atoms with E-state index in [1.54, 1.807) is 12.1 Å². The first-order valence-corrected chi connectivity index (χ1v) is 6.87. The molecule has 21 heavy (non-hydrogen) atoms. The first kappa shape index (κ1) is 15.2. The number of carbonyl (C=O) groups excluding carboxylic acids is 1. The van der Waals surface area contributed by atoms with Crippen LogP contribution in [0.4, 0.5) is 14.5 Å². The van der Waals surface area contributed by atoms with Crippen molar-refractivity contribution in [3.8, 4) is 0 Å². The molecule has 0 bridgehead atoms. The van der Waals surface area contributed by atoms with Gasteiger partial charge in [0, 0.05) is 11.8 Å². The average Bonchev–Trinajstić information content (AvgIpc) is 2.47. The number of carbonyl (C=O) groups is 1. The second-order valence-corrected chi connectivity index (χ2v) is 5.01. The van der Waals surface area contributed by atoms with Crippen LogP contribution in [0.25, 0.3) is 0 Å². The van der Waals surface area contributed by atoms with Crippen molar-refractivity contribution in [3.63, 3.8) is 0 Å². The number of rotatable bonds is 4. The van der Waals surface area contributed by atoms with E-state index in [1.807, 2.05) is 12.1 Å². The Kier molecular flexibility index (Phi) is 4.68. The van der Waals surface area contributed by atoms with Crippen molar-refractivity contribution < 1.29 is 13.6 Å². The molecule has 0 aliphatic carbocycles. The number of hydrogen-bond acceptors (Lipinski definition) is 1. The standard InChI is InChI=1S/C17H17F2NO/c1-3-11(2)12-4-7-14(8-5-12)20-17(21)15-9-6-13(18)10-16(15)19/h4-11H,3H2,1-2H3,(H,20,21). The third kappa shape index (κ3) is 3.66. The molecule has 0 saturated carbocycles. The van der Waals surface area contributed by atoms with Gasteiger partial charge in [0.15, 0.2) is 0 Å². The van der Waals surface area contributed by atoms with Gasteiger partial charge < -0.3 is 5.32 Å². The van der Waals surface area contributed by atoms with Gasteiger partial charge >= 0.3 is 0 Å². The normalized spacial score (nSPS) is 12.0. The maximum atomic E-state index is 13.5. The van der Waals surface area contributed by atoms with Crippen LogP contribution >= 0.6 is 0 Å². The molecule has 0 radical (unpaired) electrons. The van der Waals surface area contributed by atoms with Gasteiger partial charge in [0.25, 0.3) is 5.91 Å². The number of halogens is 2. The van der Waals surface area contributed by atoms with Gasteiger partial charge in [-0.25, -0.2) is 8.78 Å². The molecule has 0 aliphatic rings. The molecule has 0 saturated heterocycles. The monoisotopic (exact) mass is 289 g/mol. The highest BCUT2D eigenvalue weighted by Crippen LogP contribution is 2.21. The Morgan fingerprint density at radius 2 is 1.81 bits per heavy atom. The van der Waals surface area contributed by atoms with Crippen LogP contribution in [-0.4, -0.2) is 5.91 Å². The number of benzene rings is 2. The van der Waals surface area contributed by atoms with Crippen molar-refractivity contribution in [3.05, 3.63) is 65.2 Å². The van der Waals surface area contributed by atoms with Crippen LogP contribution in [0.15, 0.2) is 42.5 Å². The maximum absolute atomic E-state index is 13.5. The van der Waals surface area contributed by atoms with Gasteiger partial charge in [-0.15, -0.1) is 0 Å². The van der Waals surface area contributed by atoms with Crippen LogP contribution in [0.5, 0.6) is 0 Å². The zero-order valence-corrected chi connectivity index (χ0v) is 12.0. The summed E-state index contributed by atoms with van der Waals surface area (Å²) in [7, 11) is 0. The van der Waals surface area contributed by atoms with E-state index in [9.17, 15) is 13.6 Å². The first-order valence-electron chi connectivity index (χ1n) is 6.87. The van der Waals surface area contributed by atoms with E-state index < -0.39 is 17.5 Å². The van der Waals surface area contributed by atoms with Crippen molar-refractivity contribution >= 4 is 11.6 Å². The molecule has 0 heterocycles. The molecule has 1 unspecified atom stereocenters. The molecular weight excluding hydrogens is 272 g/mol. The zero-order chi connectivity index (χ0) is 15.4. The Morgan fingerprint density at radius 1 is 1.14 bits per heavy atom. The van der Waals surface area contributed by atoms with Crippen molar-refractivity contribution in [1.82, 2.24) is 0 Å². The molecule has 1 N–H and O–H groups in total. The SMILES string of the molecule is CCC(C)c1ccc(NC(=O)c2ccc(F)cc2F)cc1. The minimum Gasteiger partial charge on any atom is -0.322 e. The fraction of sp³-hybridized carbons (Fsp3) is 0.235. The van der Waals surface area contributed by atoms with E-state index in [0.29, 0.717) is 17.7 Å². The predicted molar refractivity (Wildman–Crippen MR) is 79.5 cm³/mol. The van der Waals surface area contributed by atoms with Gasteiger partial charge in [0.1, 0.15) is 11.6 Å². The third-order valence-electron chi connectivity index (χ3n) is 3.53. The lowest BCUT2D eigenvalue weighted by atomic mass is 9.98. The molecule has 110 valence electrons. The van der Waals surface area contributed by atoms with E-state index >= 15 is 0 Å². The first-order chi connectivity index (χ1) is 10.0. The minimum atomic E-state index is -0.872. The maximum Gasteiger partial charge on any atom is 0.258 e. The molecule has 0 fully saturated rings. The molecule has 2 nitrogen and oxygen atoms in total. The number of anilines is 1. The summed E-state index contributed by atoms with van der Waals surface area (Å²) in [5.74, 6) is -1.72. The zero-order valence-electron chi connectivity index (χ0n) is 12.0. The summed E-state index contributed by atoms with van der Waals surface area (Å²) < 4.78 is 26.3. The van der Waals surface area contributed by atoms with E-state index in [0.717, 1.165) is 18.6 Å². The topological polar surface area (TPSA) is 29.1 Å². The van der Waals surface area contributed by atoms with Gasteiger partial charge in [0.05, 0.1) is 5.56 Å². The summed E-state index contributed by atoms with van der Waals surface area (Å²) in [5, 5.41) is 2.60. The quantitative estimate of drug-likeness (QED) is 0.866. The summed E-state index contributed by atoms with van der Waals surface area (Å²) in [5.41, 5.74) is 1.58. The second kappa shape index (κ2) is 6.48. The summed E-state index contributed by atoms with van der Waals surface area (Å²) >= 11 is 0. The van der Waals surface area contributed by atoms with E-state index in [1.165, 1.54) is 5.56 Å². The molecule has 1 atom stereocenters. The van der Waals surface area contributed by atoms with Crippen molar-refractivity contribution in [1.29, 1.82) is 0 Å². The van der Waals surface area contributed by atoms with E-state index in [4.69, 9.17) is 0 Å². The largest absolute Gasteiger partial charge is 0.322 e. The molecule has 0 aliphatic heterocycles. The lowest BCUT2D eigenvalue weighted by Gasteiger charge is -2.10. The van der Waals surface area contributed by atoms with Gasteiger partial charge in [-0.05, 0) is 42.2 Å². The second-order valence-electron chi connectivity index (χ2n) is 5.01. The minimum absolute atomic E-state index is 0.178. The molecule has 0 aromatic heterocycles. The highest BCUT2D eigenvalue weighted by atomic mass is 19.1. The van der Waals surface area contributed by atoms with Crippen molar-refractivity contribution in [2.45, 2.75) is 26.2 Å². The Labute approximate surface area is 122 Å². The van der Waals surface area contributed by atoms with E-state index in [2.05, 4.69) is 19.2 Å². The van der Waals surface area contributed by atoms with E-state index in [-0.39, 0.29) is 5.56 Å². The summed E-state index contributed by atoms with van der Waals surface area (Å²) in [6.45, 7) is 4.24. The van der Waals surface area contributed by atoms with Gasteiger partial charge in [0.2, 0.25) is 0 Å². The van der Waals surface area contributed by atoms with Gasteiger partial charge in [-0.2, -0.15) is 0 Å².